The van der Waals surface area contributed by atoms with E-state index in [0.717, 1.165) is 42.6 Å². The predicted octanol–water partition coefficient (Wildman–Crippen LogP) is 4.82. The number of hydrogen-bond donors (Lipinski definition) is 3. The van der Waals surface area contributed by atoms with Gasteiger partial charge in [-0.3, -0.25) is 14.6 Å². The molecule has 8 heteroatoms. The zero-order valence-corrected chi connectivity index (χ0v) is 24.3. The summed E-state index contributed by atoms with van der Waals surface area (Å²) in [6.07, 6.45) is 3.96. The van der Waals surface area contributed by atoms with Crippen LogP contribution in [0.4, 0.5) is 0 Å². The molecule has 220 valence electrons. The molecule has 0 saturated carbocycles. The summed E-state index contributed by atoms with van der Waals surface area (Å²) < 4.78 is 5.70. The number of nitrogens with one attached hydrogen (secondary N) is 2. The number of para-hydroxylation sites is 1. The van der Waals surface area contributed by atoms with Gasteiger partial charge in [0.15, 0.2) is 5.76 Å². The number of pyridine rings is 1. The second-order valence-corrected chi connectivity index (χ2v) is 11.6. The molecule has 8 nitrogen and oxygen atoms in total. The molecule has 1 aliphatic heterocycles. The maximum absolute atomic E-state index is 13.4. The van der Waals surface area contributed by atoms with E-state index in [-0.39, 0.29) is 23.6 Å². The Kier molecular flexibility index (Phi) is 9.66. The van der Waals surface area contributed by atoms with Crippen LogP contribution in [0.1, 0.15) is 49.2 Å². The van der Waals surface area contributed by atoms with Crippen LogP contribution in [0.25, 0.3) is 22.2 Å². The minimum absolute atomic E-state index is 0.175. The van der Waals surface area contributed by atoms with Crippen molar-refractivity contribution in [2.24, 2.45) is 5.92 Å². The number of aliphatic hydroxyl groups excluding tert-OH is 1. The maximum Gasteiger partial charge on any atom is 0.287 e. The Balaban J connectivity index is 1.16. The Hall–Kier alpha value is -4.01. The molecule has 4 aromatic rings. The SMILES string of the molecule is CC(C)C[C@H](NC(=O)c1cc2ccccc2o1)C(=O)NC1CCCN(CCc2cccc(-c3ccccn3)c2)CC1O. The first-order valence-corrected chi connectivity index (χ1v) is 14.9. The zero-order valence-electron chi connectivity index (χ0n) is 24.3. The molecule has 3 heterocycles. The molecule has 2 aromatic carbocycles. The standard InChI is InChI=1S/C34H40N4O4/c1-23(2)19-29(37-34(41)32-21-26-10-3-4-14-31(26)42-32)33(40)36-28-13-8-17-38(22-30(28)39)18-15-24-9-7-11-25(20-24)27-12-5-6-16-35-27/h3-7,9-12,14,16,20-21,23,28-30,39H,8,13,15,17-19,22H2,1-2H3,(H,36,40)(H,37,41)/t28?,29-,30?/m0/s1. The van der Waals surface area contributed by atoms with Gasteiger partial charge in [-0.1, -0.05) is 56.3 Å². The lowest BCUT2D eigenvalue weighted by atomic mass is 10.0. The smallest absolute Gasteiger partial charge is 0.287 e. The third-order valence-corrected chi connectivity index (χ3v) is 7.81. The highest BCUT2D eigenvalue weighted by molar-refractivity contribution is 5.98. The minimum Gasteiger partial charge on any atom is -0.451 e. The van der Waals surface area contributed by atoms with Gasteiger partial charge in [0.2, 0.25) is 5.91 Å². The van der Waals surface area contributed by atoms with Crippen molar-refractivity contribution in [3.8, 4) is 11.3 Å². The number of β-amino-alcohol motifs (C(OH)–C–C–N with tert-alkyl or cyclic N) is 1. The number of fused-ring (bicyclic) bond motifs is 1. The lowest BCUT2D eigenvalue weighted by Crippen LogP contribution is -2.53. The number of amides is 2. The average molecular weight is 569 g/mol. The summed E-state index contributed by atoms with van der Waals surface area (Å²) in [5.74, 6) is -0.348. The zero-order chi connectivity index (χ0) is 29.5. The van der Waals surface area contributed by atoms with Crippen LogP contribution in [-0.2, 0) is 11.2 Å². The highest BCUT2D eigenvalue weighted by Crippen LogP contribution is 2.21. The van der Waals surface area contributed by atoms with Gasteiger partial charge in [0.05, 0.1) is 17.8 Å². The first kappa shape index (κ1) is 29.5. The van der Waals surface area contributed by atoms with Crippen molar-refractivity contribution in [3.63, 3.8) is 0 Å². The number of hydrogen-bond acceptors (Lipinski definition) is 6. The van der Waals surface area contributed by atoms with Crippen molar-refractivity contribution in [2.75, 3.05) is 19.6 Å². The van der Waals surface area contributed by atoms with Crippen molar-refractivity contribution in [1.82, 2.24) is 20.5 Å². The summed E-state index contributed by atoms with van der Waals surface area (Å²) in [7, 11) is 0. The van der Waals surface area contributed by atoms with Crippen LogP contribution in [-0.4, -0.2) is 64.6 Å². The van der Waals surface area contributed by atoms with Crippen LogP contribution in [0.15, 0.2) is 83.4 Å². The molecule has 5 rings (SSSR count). The van der Waals surface area contributed by atoms with Crippen LogP contribution in [0.5, 0.6) is 0 Å². The van der Waals surface area contributed by atoms with Crippen molar-refractivity contribution < 1.29 is 19.1 Å². The quantitative estimate of drug-likeness (QED) is 0.253. The molecular formula is C34H40N4O4. The van der Waals surface area contributed by atoms with E-state index in [1.165, 1.54) is 5.56 Å². The molecule has 1 saturated heterocycles. The Bertz CT molecular complexity index is 1450. The molecule has 2 unspecified atom stereocenters. The van der Waals surface area contributed by atoms with E-state index in [1.807, 2.05) is 50.2 Å². The fourth-order valence-corrected chi connectivity index (χ4v) is 5.60. The molecule has 0 bridgehead atoms. The summed E-state index contributed by atoms with van der Waals surface area (Å²) in [4.78, 5) is 33.1. The summed E-state index contributed by atoms with van der Waals surface area (Å²) in [6, 6.07) is 22.3. The van der Waals surface area contributed by atoms with Gasteiger partial charge in [-0.15, -0.1) is 0 Å². The first-order valence-electron chi connectivity index (χ1n) is 14.9. The number of carbonyl (C=O) groups is 2. The molecule has 0 aliphatic carbocycles. The minimum atomic E-state index is -0.733. The van der Waals surface area contributed by atoms with Crippen LogP contribution in [0.2, 0.25) is 0 Å². The van der Waals surface area contributed by atoms with Gasteiger partial charge in [0.1, 0.15) is 11.6 Å². The van der Waals surface area contributed by atoms with Crippen LogP contribution in [0.3, 0.4) is 0 Å². The normalized spacial score (nSPS) is 18.5. The van der Waals surface area contributed by atoms with Crippen LogP contribution < -0.4 is 10.6 Å². The monoisotopic (exact) mass is 568 g/mol. The van der Waals surface area contributed by atoms with Gasteiger partial charge < -0.3 is 25.1 Å². The van der Waals surface area contributed by atoms with E-state index in [1.54, 1.807) is 18.3 Å². The highest BCUT2D eigenvalue weighted by Gasteiger charge is 2.30. The van der Waals surface area contributed by atoms with E-state index in [9.17, 15) is 14.7 Å². The van der Waals surface area contributed by atoms with Crippen LogP contribution in [0, 0.1) is 5.92 Å². The van der Waals surface area contributed by atoms with Gasteiger partial charge in [-0.2, -0.15) is 0 Å². The molecule has 3 atom stereocenters. The Morgan fingerprint density at radius 3 is 2.69 bits per heavy atom. The van der Waals surface area contributed by atoms with E-state index in [2.05, 4.69) is 44.8 Å². The van der Waals surface area contributed by atoms with Crippen molar-refractivity contribution in [3.05, 3.63) is 90.3 Å². The Morgan fingerprint density at radius 2 is 1.90 bits per heavy atom. The molecule has 0 spiro atoms. The first-order chi connectivity index (χ1) is 20.4. The second-order valence-electron chi connectivity index (χ2n) is 11.6. The van der Waals surface area contributed by atoms with Gasteiger partial charge in [0, 0.05) is 30.2 Å². The lowest BCUT2D eigenvalue weighted by molar-refractivity contribution is -0.125. The molecule has 2 amide bonds. The van der Waals surface area contributed by atoms with Gasteiger partial charge in [0.25, 0.3) is 5.91 Å². The number of rotatable bonds is 10. The second kappa shape index (κ2) is 13.8. The summed E-state index contributed by atoms with van der Waals surface area (Å²) in [5.41, 5.74) is 3.89. The number of nitrogens with zero attached hydrogens (tertiary/aromatic N) is 2. The fraction of sp³-hybridized carbons (Fsp3) is 0.382. The Labute approximate surface area is 247 Å². The summed E-state index contributed by atoms with van der Waals surface area (Å²) in [6.45, 7) is 6.16. The van der Waals surface area contributed by atoms with Crippen molar-refractivity contribution in [2.45, 2.75) is 57.7 Å². The Morgan fingerprint density at radius 1 is 1.07 bits per heavy atom. The average Bonchev–Trinajstić information content (AvgIpc) is 3.36. The summed E-state index contributed by atoms with van der Waals surface area (Å²) >= 11 is 0. The lowest BCUT2D eigenvalue weighted by Gasteiger charge is -2.27. The molecule has 2 aromatic heterocycles. The third-order valence-electron chi connectivity index (χ3n) is 7.81. The topological polar surface area (TPSA) is 108 Å². The third kappa shape index (κ3) is 7.63. The highest BCUT2D eigenvalue weighted by atomic mass is 16.3. The van der Waals surface area contributed by atoms with Crippen molar-refractivity contribution >= 4 is 22.8 Å². The number of likely N-dealkylation sites (tertiary alicyclic amines) is 1. The van der Waals surface area contributed by atoms with Gasteiger partial charge in [-0.25, -0.2) is 0 Å². The van der Waals surface area contributed by atoms with Gasteiger partial charge in [-0.05, 0) is 74.0 Å². The molecule has 0 radical (unpaired) electrons. The van der Waals surface area contributed by atoms with E-state index < -0.39 is 18.1 Å². The van der Waals surface area contributed by atoms with E-state index >= 15 is 0 Å². The number of benzene rings is 2. The van der Waals surface area contributed by atoms with E-state index in [4.69, 9.17) is 4.42 Å². The summed E-state index contributed by atoms with van der Waals surface area (Å²) in [5, 5.41) is 17.8. The molecular weight excluding hydrogens is 528 g/mol. The molecule has 1 aliphatic rings. The van der Waals surface area contributed by atoms with Crippen LogP contribution >= 0.6 is 0 Å². The van der Waals surface area contributed by atoms with E-state index in [0.29, 0.717) is 25.0 Å². The molecule has 1 fully saturated rings. The molecule has 3 N–H and O–H groups in total. The van der Waals surface area contributed by atoms with Gasteiger partial charge >= 0.3 is 0 Å². The maximum atomic E-state index is 13.4. The predicted molar refractivity (Wildman–Crippen MR) is 164 cm³/mol. The number of aromatic nitrogens is 1. The van der Waals surface area contributed by atoms with Crippen molar-refractivity contribution in [1.29, 1.82) is 0 Å². The fourth-order valence-electron chi connectivity index (χ4n) is 5.60. The largest absolute Gasteiger partial charge is 0.451 e. The number of furan rings is 1. The molecule has 42 heavy (non-hydrogen) atoms. The number of carbonyl (C=O) groups excluding carboxylic acids is 2. The number of aliphatic hydroxyl groups is 1.